The number of aromatic amines is 1. The first-order valence-corrected chi connectivity index (χ1v) is 14.7. The van der Waals surface area contributed by atoms with Gasteiger partial charge in [-0.1, -0.05) is 18.5 Å². The summed E-state index contributed by atoms with van der Waals surface area (Å²) in [4.78, 5) is 50.3. The highest BCUT2D eigenvalue weighted by atomic mass is 35.5. The molecule has 1 aromatic carbocycles. The van der Waals surface area contributed by atoms with E-state index in [1.165, 1.54) is 25.2 Å². The second-order valence-electron chi connectivity index (χ2n) is 11.7. The number of benzene rings is 1. The van der Waals surface area contributed by atoms with E-state index in [1.54, 1.807) is 17.9 Å². The summed E-state index contributed by atoms with van der Waals surface area (Å²) in [7, 11) is 0. The van der Waals surface area contributed by atoms with Crippen molar-refractivity contribution in [3.63, 3.8) is 0 Å². The third kappa shape index (κ3) is 5.88. The Morgan fingerprint density at radius 2 is 1.85 bits per heavy atom. The van der Waals surface area contributed by atoms with Gasteiger partial charge in [0.2, 0.25) is 5.91 Å². The average Bonchev–Trinajstić information content (AvgIpc) is 3.55. The minimum absolute atomic E-state index is 0.0109. The zero-order valence-electron chi connectivity index (χ0n) is 23.2. The van der Waals surface area contributed by atoms with Crippen LogP contribution in [0.2, 0.25) is 5.02 Å². The first-order chi connectivity index (χ1) is 19.2. The molecule has 3 N–H and O–H groups in total. The Morgan fingerprint density at radius 1 is 1.12 bits per heavy atom. The molecule has 3 aliphatic rings. The lowest BCUT2D eigenvalue weighted by molar-refractivity contribution is -0.127. The first kappa shape index (κ1) is 28.5. The van der Waals surface area contributed by atoms with Crippen LogP contribution in [0.5, 0.6) is 0 Å². The maximum atomic E-state index is 13.9. The second-order valence-corrected chi connectivity index (χ2v) is 12.1. The van der Waals surface area contributed by atoms with Crippen molar-refractivity contribution >= 4 is 35.0 Å². The molecule has 216 valence electrons. The van der Waals surface area contributed by atoms with E-state index in [-0.39, 0.29) is 40.2 Å². The topological polar surface area (TPSA) is 110 Å². The fourth-order valence-electron chi connectivity index (χ4n) is 6.27. The minimum atomic E-state index is -0.502. The Morgan fingerprint density at radius 3 is 2.58 bits per heavy atom. The number of halogens is 2. The predicted molar refractivity (Wildman–Crippen MR) is 151 cm³/mol. The van der Waals surface area contributed by atoms with Gasteiger partial charge in [0.25, 0.3) is 11.8 Å². The summed E-state index contributed by atoms with van der Waals surface area (Å²) in [6.45, 7) is 7.81. The maximum absolute atomic E-state index is 13.9. The van der Waals surface area contributed by atoms with Crippen molar-refractivity contribution in [3.8, 4) is 0 Å². The van der Waals surface area contributed by atoms with Crippen LogP contribution in [0.3, 0.4) is 0 Å². The molecule has 1 spiro atoms. The molecule has 1 aliphatic carbocycles. The second kappa shape index (κ2) is 11.9. The van der Waals surface area contributed by atoms with Gasteiger partial charge in [-0.2, -0.15) is 0 Å². The van der Waals surface area contributed by atoms with Gasteiger partial charge in [0.1, 0.15) is 11.5 Å². The monoisotopic (exact) mass is 572 g/mol. The lowest BCUT2D eigenvalue weighted by atomic mass is 9.71. The highest BCUT2D eigenvalue weighted by molar-refractivity contribution is 6.34. The van der Waals surface area contributed by atoms with Gasteiger partial charge in [0, 0.05) is 25.7 Å². The molecule has 3 amide bonds. The molecule has 2 aliphatic heterocycles. The molecular formula is C29H38ClFN6O3. The molecule has 2 saturated heterocycles. The fraction of sp³-hybridized carbons (Fsp3) is 0.586. The number of hydrogen-bond donors (Lipinski definition) is 3. The van der Waals surface area contributed by atoms with Crippen molar-refractivity contribution in [2.75, 3.05) is 37.6 Å². The first-order valence-electron chi connectivity index (χ1n) is 14.3. The molecule has 0 unspecified atom stereocenters. The normalized spacial score (nSPS) is 24.1. The largest absolute Gasteiger partial charge is 0.349 e. The van der Waals surface area contributed by atoms with Crippen molar-refractivity contribution in [1.82, 2.24) is 25.5 Å². The van der Waals surface area contributed by atoms with Crippen molar-refractivity contribution < 1.29 is 18.8 Å². The molecule has 9 nitrogen and oxygen atoms in total. The summed E-state index contributed by atoms with van der Waals surface area (Å²) in [6, 6.07) is 2.78. The van der Waals surface area contributed by atoms with E-state index >= 15 is 0 Å². The Kier molecular flexibility index (Phi) is 8.47. The van der Waals surface area contributed by atoms with Crippen LogP contribution in [0.1, 0.15) is 78.4 Å². The van der Waals surface area contributed by atoms with Gasteiger partial charge in [-0.3, -0.25) is 14.4 Å². The number of amides is 3. The van der Waals surface area contributed by atoms with E-state index < -0.39 is 11.2 Å². The van der Waals surface area contributed by atoms with Crippen LogP contribution >= 0.6 is 11.6 Å². The molecular weight excluding hydrogens is 535 g/mol. The van der Waals surface area contributed by atoms with Crippen molar-refractivity contribution in [3.05, 3.63) is 46.3 Å². The van der Waals surface area contributed by atoms with Crippen LogP contribution in [-0.2, 0) is 4.79 Å². The number of carbonyl (C=O) groups excluding carboxylic acids is 3. The fourth-order valence-corrected chi connectivity index (χ4v) is 6.52. The number of nitrogens with zero attached hydrogens (tertiary/aromatic N) is 3. The highest BCUT2D eigenvalue weighted by Crippen LogP contribution is 2.47. The van der Waals surface area contributed by atoms with Crippen LogP contribution in [0.25, 0.3) is 0 Å². The summed E-state index contributed by atoms with van der Waals surface area (Å²) >= 11 is 6.29. The molecule has 40 heavy (non-hydrogen) atoms. The number of imidazole rings is 1. The van der Waals surface area contributed by atoms with E-state index in [2.05, 4.69) is 32.4 Å². The minimum Gasteiger partial charge on any atom is -0.349 e. The lowest BCUT2D eigenvalue weighted by Gasteiger charge is -2.36. The molecule has 5 rings (SSSR count). The molecule has 0 bridgehead atoms. The summed E-state index contributed by atoms with van der Waals surface area (Å²) < 4.78 is 13.9. The molecule has 2 aromatic rings. The standard InChI is InChI=1S/C29H38ClFN6O3/c1-18-5-11-36(12-6-18)14-10-32-26(38)24-25(34-17-33-24)27(39)35-20-3-7-29(8-4-20)9-13-37(28(29)40)23-15-19(2)22(31)16-21(23)30/h15-18,20H,3-14H2,1-2H3,(H,32,38)(H,33,34)(H,35,39)/t20-,29-. The Balaban J connectivity index is 1.13. The van der Waals surface area contributed by atoms with Crippen molar-refractivity contribution in [2.45, 2.75) is 64.8 Å². The highest BCUT2D eigenvalue weighted by Gasteiger charge is 2.49. The van der Waals surface area contributed by atoms with E-state index in [9.17, 15) is 18.8 Å². The van der Waals surface area contributed by atoms with Crippen molar-refractivity contribution in [2.24, 2.45) is 11.3 Å². The van der Waals surface area contributed by atoms with Crippen LogP contribution in [0, 0.1) is 24.1 Å². The van der Waals surface area contributed by atoms with Crippen molar-refractivity contribution in [1.29, 1.82) is 0 Å². The summed E-state index contributed by atoms with van der Waals surface area (Å²) in [5.41, 5.74) is 0.730. The smallest absolute Gasteiger partial charge is 0.272 e. The van der Waals surface area contributed by atoms with E-state index in [1.807, 2.05) is 0 Å². The van der Waals surface area contributed by atoms with Gasteiger partial charge in [-0.25, -0.2) is 9.37 Å². The van der Waals surface area contributed by atoms with E-state index in [0.29, 0.717) is 56.4 Å². The van der Waals surface area contributed by atoms with Gasteiger partial charge >= 0.3 is 0 Å². The number of nitrogens with one attached hydrogen (secondary N) is 3. The average molecular weight is 573 g/mol. The van der Waals surface area contributed by atoms with Gasteiger partial charge in [-0.15, -0.1) is 0 Å². The molecule has 1 aromatic heterocycles. The van der Waals surface area contributed by atoms with Crippen LogP contribution in [0.4, 0.5) is 10.1 Å². The lowest BCUT2D eigenvalue weighted by Crippen LogP contribution is -2.44. The van der Waals surface area contributed by atoms with Crippen LogP contribution in [-0.4, -0.2) is 71.4 Å². The summed E-state index contributed by atoms with van der Waals surface area (Å²) in [6.07, 6.45) is 6.97. The number of H-pyrrole nitrogens is 1. The van der Waals surface area contributed by atoms with E-state index in [0.717, 1.165) is 25.6 Å². The maximum Gasteiger partial charge on any atom is 0.272 e. The summed E-state index contributed by atoms with van der Waals surface area (Å²) in [5.74, 6) is -0.371. The molecule has 3 heterocycles. The number of rotatable bonds is 7. The number of piperidine rings is 1. The number of aromatic nitrogens is 2. The molecule has 11 heteroatoms. The molecule has 0 atom stereocenters. The molecule has 1 saturated carbocycles. The number of carbonyl (C=O) groups is 3. The van der Waals surface area contributed by atoms with Gasteiger partial charge in [0.15, 0.2) is 5.69 Å². The Labute approximate surface area is 239 Å². The van der Waals surface area contributed by atoms with Gasteiger partial charge in [-0.05, 0) is 88.6 Å². The number of hydrogen-bond acceptors (Lipinski definition) is 5. The number of anilines is 1. The third-order valence-electron chi connectivity index (χ3n) is 8.98. The van der Waals surface area contributed by atoms with Gasteiger partial charge < -0.3 is 25.4 Å². The SMILES string of the molecule is Cc1cc(N2CC[C@]3(CC[C@@H](NC(=O)c4[nH]cnc4C(=O)NCCN4CCC(C)CC4)CC3)C2=O)c(Cl)cc1F. The quantitative estimate of drug-likeness (QED) is 0.463. The molecule has 3 fully saturated rings. The van der Waals surface area contributed by atoms with E-state index in [4.69, 9.17) is 11.6 Å². The predicted octanol–water partition coefficient (Wildman–Crippen LogP) is 4.07. The Bertz CT molecular complexity index is 1270. The van der Waals surface area contributed by atoms with Crippen LogP contribution in [0.15, 0.2) is 18.5 Å². The van der Waals surface area contributed by atoms with Gasteiger partial charge in [0.05, 0.1) is 22.5 Å². The Hall–Kier alpha value is -2.98. The third-order valence-corrected chi connectivity index (χ3v) is 9.28. The summed E-state index contributed by atoms with van der Waals surface area (Å²) in [5, 5.41) is 6.15. The number of likely N-dealkylation sites (tertiary alicyclic amines) is 1. The molecule has 0 radical (unpaired) electrons. The zero-order chi connectivity index (χ0) is 28.4. The van der Waals surface area contributed by atoms with Crippen LogP contribution < -0.4 is 15.5 Å². The number of aryl methyl sites for hydroxylation is 1. The zero-order valence-corrected chi connectivity index (χ0v) is 24.0.